The Labute approximate surface area is 194 Å². The molecule has 8 heteroatoms. The van der Waals surface area contributed by atoms with Crippen LogP contribution < -0.4 is 0 Å². The van der Waals surface area contributed by atoms with Crippen LogP contribution in [0.5, 0.6) is 11.5 Å². The molecule has 180 valence electrons. The summed E-state index contributed by atoms with van der Waals surface area (Å²) in [6.07, 6.45) is 0. The molecule has 8 nitrogen and oxygen atoms in total. The number of aliphatic carboxylic acids is 2. The molecule has 0 spiro atoms. The number of rotatable bonds is 8. The van der Waals surface area contributed by atoms with Gasteiger partial charge in [-0.1, -0.05) is 38.1 Å². The zero-order valence-electron chi connectivity index (χ0n) is 19.4. The molecule has 0 aliphatic carbocycles. The van der Waals surface area contributed by atoms with Crippen molar-refractivity contribution in [1.29, 1.82) is 0 Å². The Morgan fingerprint density at radius 1 is 0.727 bits per heavy atom. The molecule has 0 bridgehead atoms. The maximum Gasteiger partial charge on any atom is 0.370 e. The normalized spacial score (nSPS) is 9.82. The number of hydrogen-bond acceptors (Lipinski definition) is 6. The summed E-state index contributed by atoms with van der Waals surface area (Å²) in [7, 11) is 0. The Balaban J connectivity index is 0.000000539. The molecular formula is C25H32O8. The number of aromatic hydroxyl groups is 2. The number of benzene rings is 2. The van der Waals surface area contributed by atoms with Crippen molar-refractivity contribution in [2.75, 3.05) is 13.2 Å². The summed E-state index contributed by atoms with van der Waals surface area (Å²) >= 11 is 0. The van der Waals surface area contributed by atoms with E-state index in [2.05, 4.69) is 36.5 Å². The number of hydrogen-bond donors (Lipinski definition) is 4. The van der Waals surface area contributed by atoms with Crippen LogP contribution in [-0.4, -0.2) is 45.6 Å². The second-order valence-electron chi connectivity index (χ2n) is 7.04. The summed E-state index contributed by atoms with van der Waals surface area (Å²) in [4.78, 5) is 19.7. The summed E-state index contributed by atoms with van der Waals surface area (Å²) in [6.45, 7) is 14.6. The Morgan fingerprint density at radius 3 is 1.18 bits per heavy atom. The summed E-state index contributed by atoms with van der Waals surface area (Å²) < 4.78 is 9.02. The van der Waals surface area contributed by atoms with E-state index in [0.29, 0.717) is 13.2 Å². The lowest BCUT2D eigenvalue weighted by atomic mass is 9.78. The smallest absolute Gasteiger partial charge is 0.370 e. The van der Waals surface area contributed by atoms with Crippen molar-refractivity contribution < 1.29 is 39.5 Å². The molecule has 0 aliphatic heterocycles. The fourth-order valence-electron chi connectivity index (χ4n) is 2.39. The number of phenols is 2. The monoisotopic (exact) mass is 460 g/mol. The van der Waals surface area contributed by atoms with E-state index in [1.807, 2.05) is 24.3 Å². The molecule has 33 heavy (non-hydrogen) atoms. The third-order valence-electron chi connectivity index (χ3n) is 4.29. The van der Waals surface area contributed by atoms with Gasteiger partial charge in [0, 0.05) is 5.41 Å². The highest BCUT2D eigenvalue weighted by Gasteiger charge is 2.22. The van der Waals surface area contributed by atoms with Crippen LogP contribution in [0.4, 0.5) is 0 Å². The first-order valence-corrected chi connectivity index (χ1v) is 10.1. The summed E-state index contributed by atoms with van der Waals surface area (Å²) in [5.74, 6) is -2.07. The minimum absolute atomic E-state index is 0.151. The fourth-order valence-corrected chi connectivity index (χ4v) is 2.39. The Bertz CT molecular complexity index is 837. The molecule has 2 aromatic carbocycles. The third kappa shape index (κ3) is 10.8. The maximum atomic E-state index is 9.86. The van der Waals surface area contributed by atoms with Crippen molar-refractivity contribution in [3.05, 3.63) is 84.3 Å². The van der Waals surface area contributed by atoms with E-state index in [-0.39, 0.29) is 28.4 Å². The van der Waals surface area contributed by atoms with Gasteiger partial charge in [-0.3, -0.25) is 0 Å². The third-order valence-corrected chi connectivity index (χ3v) is 4.29. The Kier molecular flexibility index (Phi) is 12.5. The van der Waals surface area contributed by atoms with Gasteiger partial charge in [0.05, 0.1) is 13.2 Å². The molecule has 0 aliphatic rings. The zero-order chi connectivity index (χ0) is 25.6. The van der Waals surface area contributed by atoms with Crippen LogP contribution in [0.25, 0.3) is 0 Å². The minimum Gasteiger partial charge on any atom is -0.508 e. The van der Waals surface area contributed by atoms with Gasteiger partial charge < -0.3 is 29.9 Å². The van der Waals surface area contributed by atoms with E-state index >= 15 is 0 Å². The largest absolute Gasteiger partial charge is 0.508 e. The molecule has 0 fully saturated rings. The van der Waals surface area contributed by atoms with Gasteiger partial charge in [-0.05, 0) is 62.4 Å². The van der Waals surface area contributed by atoms with Gasteiger partial charge in [0.15, 0.2) is 11.5 Å². The highest BCUT2D eigenvalue weighted by molar-refractivity contribution is 5.83. The van der Waals surface area contributed by atoms with Gasteiger partial charge in [0.2, 0.25) is 0 Å². The van der Waals surface area contributed by atoms with Crippen LogP contribution in [0.2, 0.25) is 0 Å². The van der Waals surface area contributed by atoms with E-state index < -0.39 is 11.9 Å². The number of carboxylic acid groups (broad SMARTS) is 2. The van der Waals surface area contributed by atoms with Crippen molar-refractivity contribution in [3.63, 3.8) is 0 Å². The van der Waals surface area contributed by atoms with E-state index in [1.165, 1.54) is 0 Å². The van der Waals surface area contributed by atoms with Gasteiger partial charge >= 0.3 is 11.9 Å². The van der Waals surface area contributed by atoms with Crippen LogP contribution >= 0.6 is 0 Å². The number of ether oxygens (including phenoxy) is 2. The molecule has 4 N–H and O–H groups in total. The summed E-state index contributed by atoms with van der Waals surface area (Å²) in [5, 5.41) is 34.8. The number of carboxylic acids is 2. The molecule has 2 aromatic rings. The predicted octanol–water partition coefficient (Wildman–Crippen LogP) is 4.67. The van der Waals surface area contributed by atoms with Crippen molar-refractivity contribution in [2.24, 2.45) is 0 Å². The quantitative estimate of drug-likeness (QED) is 0.330. The molecule has 0 saturated heterocycles. The fraction of sp³-hybridized carbons (Fsp3) is 0.280. The molecule has 0 aromatic heterocycles. The minimum atomic E-state index is -1.10. The van der Waals surface area contributed by atoms with Gasteiger partial charge in [0.1, 0.15) is 11.5 Å². The molecule has 2 rings (SSSR count). The Hall–Kier alpha value is -3.94. The number of phenolic OH excluding ortho intramolecular Hbond substituents is 2. The van der Waals surface area contributed by atoms with Crippen molar-refractivity contribution >= 4 is 11.9 Å². The first-order chi connectivity index (χ1) is 15.4. The standard InChI is InChI=1S/C15H16O2.2C5H8O3/c1-15(2,11-3-7-13(16)8-4-11)12-5-9-14(17)10-6-12;2*1-3-8-4(2)5(6)7/h3-10,16-17H,1-2H3;2*2-3H2,1H3,(H,6,7). The molecule has 0 heterocycles. The molecule has 0 unspecified atom stereocenters. The van der Waals surface area contributed by atoms with Crippen molar-refractivity contribution in [1.82, 2.24) is 0 Å². The van der Waals surface area contributed by atoms with Crippen LogP contribution in [0, 0.1) is 0 Å². The van der Waals surface area contributed by atoms with Crippen LogP contribution in [0.3, 0.4) is 0 Å². The summed E-state index contributed by atoms with van der Waals surface area (Å²) in [5.41, 5.74) is 2.10. The van der Waals surface area contributed by atoms with Gasteiger partial charge in [0.25, 0.3) is 0 Å². The average molecular weight is 461 g/mol. The lowest BCUT2D eigenvalue weighted by Gasteiger charge is -2.26. The Morgan fingerprint density at radius 2 is 1.00 bits per heavy atom. The maximum absolute atomic E-state index is 9.86. The molecular weight excluding hydrogens is 428 g/mol. The van der Waals surface area contributed by atoms with Crippen molar-refractivity contribution in [3.8, 4) is 11.5 Å². The SMILES string of the molecule is C=C(OCC)C(=O)O.C=C(OCC)C(=O)O.CC(C)(c1ccc(O)cc1)c1ccc(O)cc1. The molecule has 0 atom stereocenters. The zero-order valence-corrected chi connectivity index (χ0v) is 19.4. The van der Waals surface area contributed by atoms with Gasteiger partial charge in [-0.25, -0.2) is 9.59 Å². The molecule has 0 amide bonds. The average Bonchev–Trinajstić information content (AvgIpc) is 2.75. The van der Waals surface area contributed by atoms with Gasteiger partial charge in [-0.15, -0.1) is 0 Å². The van der Waals surface area contributed by atoms with E-state index in [0.717, 1.165) is 11.1 Å². The van der Waals surface area contributed by atoms with Crippen LogP contribution in [0.1, 0.15) is 38.8 Å². The van der Waals surface area contributed by atoms with Crippen molar-refractivity contribution in [2.45, 2.75) is 33.1 Å². The lowest BCUT2D eigenvalue weighted by molar-refractivity contribution is -0.137. The second kappa shape index (κ2) is 14.2. The topological polar surface area (TPSA) is 134 Å². The first kappa shape index (κ1) is 29.1. The molecule has 0 radical (unpaired) electrons. The highest BCUT2D eigenvalue weighted by atomic mass is 16.5. The molecule has 0 saturated carbocycles. The predicted molar refractivity (Wildman–Crippen MR) is 125 cm³/mol. The van der Waals surface area contributed by atoms with Gasteiger partial charge in [-0.2, -0.15) is 0 Å². The van der Waals surface area contributed by atoms with Crippen LogP contribution in [-0.2, 0) is 24.5 Å². The van der Waals surface area contributed by atoms with E-state index in [4.69, 9.17) is 10.2 Å². The number of carbonyl (C=O) groups is 2. The lowest BCUT2D eigenvalue weighted by Crippen LogP contribution is -2.18. The van der Waals surface area contributed by atoms with Crippen LogP contribution in [0.15, 0.2) is 73.2 Å². The second-order valence-corrected chi connectivity index (χ2v) is 7.04. The highest BCUT2D eigenvalue weighted by Crippen LogP contribution is 2.32. The summed E-state index contributed by atoms with van der Waals surface area (Å²) in [6, 6.07) is 14.4. The van der Waals surface area contributed by atoms with E-state index in [9.17, 15) is 19.8 Å². The van der Waals surface area contributed by atoms with E-state index in [1.54, 1.807) is 38.1 Å². The first-order valence-electron chi connectivity index (χ1n) is 10.1.